The second-order valence-electron chi connectivity index (χ2n) is 5.22. The molecule has 1 heterocycles. The predicted molar refractivity (Wildman–Crippen MR) is 88.5 cm³/mol. The highest BCUT2D eigenvalue weighted by Crippen LogP contribution is 2.24. The maximum absolute atomic E-state index is 11.9. The average Bonchev–Trinajstić information content (AvgIpc) is 2.91. The van der Waals surface area contributed by atoms with E-state index in [1.54, 1.807) is 22.9 Å². The molecule has 23 heavy (non-hydrogen) atoms. The molecule has 5 nitrogen and oxygen atoms in total. The SMILES string of the molecule is CCNC(=O)c1ccc(-n2nc(C)c3ccccc32)c(C#N)c1. The van der Waals surface area contributed by atoms with E-state index < -0.39 is 0 Å². The number of rotatable bonds is 3. The van der Waals surface area contributed by atoms with Crippen LogP contribution >= 0.6 is 0 Å². The van der Waals surface area contributed by atoms with Gasteiger partial charge in [0.25, 0.3) is 5.91 Å². The van der Waals surface area contributed by atoms with Crippen LogP contribution in [0.25, 0.3) is 16.6 Å². The number of hydrogen-bond acceptors (Lipinski definition) is 3. The second-order valence-corrected chi connectivity index (χ2v) is 5.22. The van der Waals surface area contributed by atoms with Crippen molar-refractivity contribution in [3.8, 4) is 11.8 Å². The third-order valence-corrected chi connectivity index (χ3v) is 3.72. The number of nitrogens with one attached hydrogen (secondary N) is 1. The zero-order chi connectivity index (χ0) is 16.4. The van der Waals surface area contributed by atoms with Gasteiger partial charge in [0.2, 0.25) is 0 Å². The molecule has 0 atom stereocenters. The molecule has 3 rings (SSSR count). The van der Waals surface area contributed by atoms with Gasteiger partial charge in [0.1, 0.15) is 6.07 Å². The smallest absolute Gasteiger partial charge is 0.251 e. The lowest BCUT2D eigenvalue weighted by molar-refractivity contribution is 0.0956. The number of carbonyl (C=O) groups is 1. The maximum atomic E-state index is 11.9. The monoisotopic (exact) mass is 304 g/mol. The number of nitriles is 1. The summed E-state index contributed by atoms with van der Waals surface area (Å²) in [6, 6.07) is 15.1. The summed E-state index contributed by atoms with van der Waals surface area (Å²) in [5, 5.41) is 17.8. The number of aromatic nitrogens is 2. The Bertz CT molecular complexity index is 934. The van der Waals surface area contributed by atoms with E-state index >= 15 is 0 Å². The van der Waals surface area contributed by atoms with Gasteiger partial charge in [-0.3, -0.25) is 4.79 Å². The Hall–Kier alpha value is -3.13. The fraction of sp³-hybridized carbons (Fsp3) is 0.167. The summed E-state index contributed by atoms with van der Waals surface area (Å²) < 4.78 is 1.75. The van der Waals surface area contributed by atoms with Crippen molar-refractivity contribution in [2.24, 2.45) is 0 Å². The zero-order valence-corrected chi connectivity index (χ0v) is 13.0. The Morgan fingerprint density at radius 1 is 1.30 bits per heavy atom. The first-order chi connectivity index (χ1) is 11.2. The van der Waals surface area contributed by atoms with Gasteiger partial charge in [-0.1, -0.05) is 18.2 Å². The van der Waals surface area contributed by atoms with Crippen LogP contribution in [0, 0.1) is 18.3 Å². The highest BCUT2D eigenvalue weighted by molar-refractivity contribution is 5.95. The molecule has 114 valence electrons. The third kappa shape index (κ3) is 2.55. The summed E-state index contributed by atoms with van der Waals surface area (Å²) in [7, 11) is 0. The summed E-state index contributed by atoms with van der Waals surface area (Å²) in [6.45, 7) is 4.34. The summed E-state index contributed by atoms with van der Waals surface area (Å²) in [4.78, 5) is 11.9. The van der Waals surface area contributed by atoms with Gasteiger partial charge in [-0.15, -0.1) is 0 Å². The minimum Gasteiger partial charge on any atom is -0.352 e. The van der Waals surface area contributed by atoms with Crippen LogP contribution in [0.4, 0.5) is 0 Å². The molecule has 1 N–H and O–H groups in total. The molecule has 0 radical (unpaired) electrons. The van der Waals surface area contributed by atoms with Crippen molar-refractivity contribution in [2.45, 2.75) is 13.8 Å². The molecule has 0 spiro atoms. The van der Waals surface area contributed by atoms with E-state index in [1.165, 1.54) is 0 Å². The van der Waals surface area contributed by atoms with Gasteiger partial charge in [0.15, 0.2) is 0 Å². The lowest BCUT2D eigenvalue weighted by Crippen LogP contribution is -2.22. The number of para-hydroxylation sites is 1. The van der Waals surface area contributed by atoms with Gasteiger partial charge < -0.3 is 5.32 Å². The van der Waals surface area contributed by atoms with Crippen LogP contribution in [0.5, 0.6) is 0 Å². The normalized spacial score (nSPS) is 10.5. The van der Waals surface area contributed by atoms with Crippen LogP contribution in [0.3, 0.4) is 0 Å². The quantitative estimate of drug-likeness (QED) is 0.808. The molecule has 3 aromatic rings. The summed E-state index contributed by atoms with van der Waals surface area (Å²) in [5.74, 6) is -0.183. The van der Waals surface area contributed by atoms with Gasteiger partial charge in [0, 0.05) is 17.5 Å². The van der Waals surface area contributed by atoms with Crippen LogP contribution in [0.15, 0.2) is 42.5 Å². The van der Waals surface area contributed by atoms with Crippen LogP contribution in [-0.2, 0) is 0 Å². The number of fused-ring (bicyclic) bond motifs is 1. The topological polar surface area (TPSA) is 70.7 Å². The molecule has 0 saturated heterocycles. The molecule has 0 fully saturated rings. The Morgan fingerprint density at radius 3 is 2.83 bits per heavy atom. The van der Waals surface area contributed by atoms with Crippen LogP contribution in [0.2, 0.25) is 0 Å². The number of carbonyl (C=O) groups excluding carboxylic acids is 1. The van der Waals surface area contributed by atoms with Gasteiger partial charge in [-0.25, -0.2) is 4.68 Å². The molecule has 0 saturated carbocycles. The minimum absolute atomic E-state index is 0.183. The molecular formula is C18H16N4O. The minimum atomic E-state index is -0.183. The van der Waals surface area contributed by atoms with Gasteiger partial charge in [-0.05, 0) is 38.1 Å². The van der Waals surface area contributed by atoms with Crippen molar-refractivity contribution in [3.05, 3.63) is 59.3 Å². The molecule has 0 aliphatic heterocycles. The van der Waals surface area contributed by atoms with Crippen molar-refractivity contribution in [3.63, 3.8) is 0 Å². The number of amides is 1. The van der Waals surface area contributed by atoms with E-state index in [1.807, 2.05) is 38.1 Å². The highest BCUT2D eigenvalue weighted by Gasteiger charge is 2.14. The number of benzene rings is 2. The third-order valence-electron chi connectivity index (χ3n) is 3.72. The first kappa shape index (κ1) is 14.8. The van der Waals surface area contributed by atoms with Gasteiger partial charge in [-0.2, -0.15) is 10.4 Å². The van der Waals surface area contributed by atoms with E-state index in [4.69, 9.17) is 0 Å². The summed E-state index contributed by atoms with van der Waals surface area (Å²) >= 11 is 0. The van der Waals surface area contributed by atoms with E-state index in [0.717, 1.165) is 16.6 Å². The highest BCUT2D eigenvalue weighted by atomic mass is 16.1. The number of aryl methyl sites for hydroxylation is 1. The van der Waals surface area contributed by atoms with Crippen LogP contribution in [-0.4, -0.2) is 22.2 Å². The molecule has 0 unspecified atom stereocenters. The second kappa shape index (κ2) is 5.93. The molecular weight excluding hydrogens is 288 g/mol. The lowest BCUT2D eigenvalue weighted by atomic mass is 10.1. The maximum Gasteiger partial charge on any atom is 0.251 e. The molecule has 1 aromatic heterocycles. The van der Waals surface area contributed by atoms with E-state index in [-0.39, 0.29) is 5.91 Å². The predicted octanol–water partition coefficient (Wildman–Crippen LogP) is 2.96. The molecule has 0 aliphatic carbocycles. The van der Waals surface area contributed by atoms with Crippen molar-refractivity contribution in [2.75, 3.05) is 6.54 Å². The Kier molecular flexibility index (Phi) is 3.82. The van der Waals surface area contributed by atoms with Crippen molar-refractivity contribution >= 4 is 16.8 Å². The van der Waals surface area contributed by atoms with Crippen LogP contribution in [0.1, 0.15) is 28.5 Å². The zero-order valence-electron chi connectivity index (χ0n) is 13.0. The van der Waals surface area contributed by atoms with E-state index in [2.05, 4.69) is 16.5 Å². The molecule has 0 bridgehead atoms. The lowest BCUT2D eigenvalue weighted by Gasteiger charge is -2.08. The standard InChI is InChI=1S/C18H16N4O/c1-3-20-18(23)13-8-9-16(14(10-13)11-19)22-17-7-5-4-6-15(17)12(2)21-22/h4-10H,3H2,1-2H3,(H,20,23). The Labute approximate surface area is 134 Å². The van der Waals surface area contributed by atoms with Crippen LogP contribution < -0.4 is 5.32 Å². The van der Waals surface area contributed by atoms with Crippen molar-refractivity contribution in [1.82, 2.24) is 15.1 Å². The number of nitrogens with zero attached hydrogens (tertiary/aromatic N) is 3. The Morgan fingerprint density at radius 2 is 2.09 bits per heavy atom. The fourth-order valence-corrected chi connectivity index (χ4v) is 2.62. The van der Waals surface area contributed by atoms with Crippen molar-refractivity contribution in [1.29, 1.82) is 5.26 Å². The van der Waals surface area contributed by atoms with Crippen molar-refractivity contribution < 1.29 is 4.79 Å². The average molecular weight is 304 g/mol. The fourth-order valence-electron chi connectivity index (χ4n) is 2.62. The molecule has 2 aromatic carbocycles. The van der Waals surface area contributed by atoms with E-state index in [9.17, 15) is 10.1 Å². The molecule has 0 aliphatic rings. The first-order valence-corrected chi connectivity index (χ1v) is 7.42. The largest absolute Gasteiger partial charge is 0.352 e. The summed E-state index contributed by atoms with van der Waals surface area (Å²) in [5.41, 5.74) is 3.40. The molecule has 5 heteroatoms. The summed E-state index contributed by atoms with van der Waals surface area (Å²) in [6.07, 6.45) is 0. The first-order valence-electron chi connectivity index (χ1n) is 7.42. The van der Waals surface area contributed by atoms with Gasteiger partial charge in [0.05, 0.1) is 22.5 Å². The van der Waals surface area contributed by atoms with Gasteiger partial charge >= 0.3 is 0 Å². The van der Waals surface area contributed by atoms with E-state index in [0.29, 0.717) is 23.4 Å². The number of hydrogen-bond donors (Lipinski definition) is 1. The Balaban J connectivity index is 2.16. The molecule has 1 amide bonds.